The van der Waals surface area contributed by atoms with E-state index < -0.39 is 5.82 Å². The normalized spacial score (nSPS) is 14.3. The third-order valence-electron chi connectivity index (χ3n) is 5.56. The molecule has 0 spiro atoms. The van der Waals surface area contributed by atoms with Gasteiger partial charge in [-0.25, -0.2) is 9.18 Å². The smallest absolute Gasteiger partial charge is 0.322 e. The predicted octanol–water partition coefficient (Wildman–Crippen LogP) is 4.95. The van der Waals surface area contributed by atoms with Crippen molar-refractivity contribution in [3.8, 4) is 0 Å². The Bertz CT molecular complexity index is 1100. The predicted molar refractivity (Wildman–Crippen MR) is 113 cm³/mol. The Labute approximate surface area is 168 Å². The number of nitrogens with one attached hydrogen (secondary N) is 2. The fraction of sp³-hybridized carbons (Fsp3) is 0.304. The second kappa shape index (κ2) is 8.07. The zero-order valence-corrected chi connectivity index (χ0v) is 16.4. The lowest BCUT2D eigenvalue weighted by Crippen LogP contribution is -2.42. The maximum Gasteiger partial charge on any atom is 0.322 e. The van der Waals surface area contributed by atoms with Crippen molar-refractivity contribution in [2.45, 2.75) is 45.2 Å². The van der Waals surface area contributed by atoms with Crippen LogP contribution in [0.2, 0.25) is 0 Å². The van der Waals surface area contributed by atoms with Gasteiger partial charge in [0.1, 0.15) is 5.82 Å². The van der Waals surface area contributed by atoms with Crippen molar-refractivity contribution in [1.82, 2.24) is 9.88 Å². The minimum absolute atomic E-state index is 0.0365. The molecule has 0 aliphatic heterocycles. The van der Waals surface area contributed by atoms with Gasteiger partial charge in [0.05, 0.1) is 12.2 Å². The van der Waals surface area contributed by atoms with Gasteiger partial charge in [0.15, 0.2) is 0 Å². The van der Waals surface area contributed by atoms with Gasteiger partial charge in [-0.3, -0.25) is 4.79 Å². The highest BCUT2D eigenvalue weighted by molar-refractivity contribution is 5.89. The summed E-state index contributed by atoms with van der Waals surface area (Å²) in [5.74, 6) is -0.480. The van der Waals surface area contributed by atoms with E-state index in [2.05, 4.69) is 10.3 Å². The summed E-state index contributed by atoms with van der Waals surface area (Å²) in [5.41, 5.74) is 2.33. The first-order valence-corrected chi connectivity index (χ1v) is 9.96. The highest BCUT2D eigenvalue weighted by atomic mass is 19.1. The van der Waals surface area contributed by atoms with E-state index in [-0.39, 0.29) is 29.9 Å². The Morgan fingerprint density at radius 2 is 1.93 bits per heavy atom. The van der Waals surface area contributed by atoms with Crippen molar-refractivity contribution in [2.24, 2.45) is 0 Å². The molecule has 1 aliphatic rings. The van der Waals surface area contributed by atoms with Crippen LogP contribution in [0.5, 0.6) is 0 Å². The summed E-state index contributed by atoms with van der Waals surface area (Å²) < 4.78 is 14.0. The molecule has 1 aromatic heterocycles. The molecule has 29 heavy (non-hydrogen) atoms. The first-order chi connectivity index (χ1) is 14.0. The first-order valence-electron chi connectivity index (χ1n) is 9.96. The van der Waals surface area contributed by atoms with Crippen molar-refractivity contribution in [2.75, 3.05) is 5.32 Å². The van der Waals surface area contributed by atoms with Crippen LogP contribution in [0, 0.1) is 12.7 Å². The number of benzene rings is 2. The number of H-pyrrole nitrogens is 1. The van der Waals surface area contributed by atoms with Crippen LogP contribution in [0.15, 0.2) is 53.3 Å². The summed E-state index contributed by atoms with van der Waals surface area (Å²) in [6, 6.07) is 13.4. The number of para-hydroxylation sites is 1. The number of anilines is 1. The molecule has 1 fully saturated rings. The van der Waals surface area contributed by atoms with Crippen molar-refractivity contribution in [3.05, 3.63) is 75.8 Å². The largest absolute Gasteiger partial charge is 0.322 e. The van der Waals surface area contributed by atoms with Crippen LogP contribution in [0.4, 0.5) is 14.9 Å². The average molecular weight is 393 g/mol. The third-order valence-corrected chi connectivity index (χ3v) is 5.56. The molecule has 0 saturated heterocycles. The molecule has 0 radical (unpaired) electrons. The summed E-state index contributed by atoms with van der Waals surface area (Å²) in [4.78, 5) is 30.2. The van der Waals surface area contributed by atoms with Crippen LogP contribution >= 0.6 is 0 Å². The van der Waals surface area contributed by atoms with Crippen molar-refractivity contribution in [1.29, 1.82) is 0 Å². The SMILES string of the molecule is Cc1ccc2[nH]c(=O)c(CN(C(=O)Nc3ccccc3F)C3CCCC3)cc2c1. The van der Waals surface area contributed by atoms with Gasteiger partial charge < -0.3 is 15.2 Å². The molecule has 1 saturated carbocycles. The summed E-state index contributed by atoms with van der Waals surface area (Å²) in [5, 5.41) is 3.60. The number of nitrogens with zero attached hydrogens (tertiary/aromatic N) is 1. The van der Waals surface area contributed by atoms with E-state index in [1.54, 1.807) is 17.0 Å². The number of pyridine rings is 1. The van der Waals surface area contributed by atoms with Gasteiger partial charge in [-0.15, -0.1) is 0 Å². The van der Waals surface area contributed by atoms with Crippen molar-refractivity contribution < 1.29 is 9.18 Å². The van der Waals surface area contributed by atoms with Crippen LogP contribution < -0.4 is 10.9 Å². The Hall–Kier alpha value is -3.15. The van der Waals surface area contributed by atoms with E-state index in [4.69, 9.17) is 0 Å². The summed E-state index contributed by atoms with van der Waals surface area (Å²) >= 11 is 0. The number of aryl methyl sites for hydroxylation is 1. The van der Waals surface area contributed by atoms with Crippen LogP contribution in [0.25, 0.3) is 10.9 Å². The van der Waals surface area contributed by atoms with E-state index in [0.717, 1.165) is 42.1 Å². The van der Waals surface area contributed by atoms with Gasteiger partial charge in [-0.1, -0.05) is 36.6 Å². The zero-order valence-electron chi connectivity index (χ0n) is 16.4. The lowest BCUT2D eigenvalue weighted by Gasteiger charge is -2.29. The molecular weight excluding hydrogens is 369 g/mol. The molecular formula is C23H24FN3O2. The molecule has 0 bridgehead atoms. The summed E-state index contributed by atoms with van der Waals surface area (Å²) in [6.45, 7) is 2.18. The number of rotatable bonds is 4. The highest BCUT2D eigenvalue weighted by Gasteiger charge is 2.28. The molecule has 5 nitrogen and oxygen atoms in total. The second-order valence-corrected chi connectivity index (χ2v) is 7.69. The molecule has 6 heteroatoms. The number of hydrogen-bond donors (Lipinski definition) is 2. The summed E-state index contributed by atoms with van der Waals surface area (Å²) in [7, 11) is 0. The van der Waals surface area contributed by atoms with Crippen LogP contribution in [0.3, 0.4) is 0 Å². The molecule has 2 N–H and O–H groups in total. The topological polar surface area (TPSA) is 65.2 Å². The van der Waals surface area contributed by atoms with Gasteiger partial charge >= 0.3 is 6.03 Å². The number of carbonyl (C=O) groups excluding carboxylic acids is 1. The average Bonchev–Trinajstić information content (AvgIpc) is 3.22. The van der Waals surface area contributed by atoms with E-state index in [9.17, 15) is 14.0 Å². The molecule has 1 aliphatic carbocycles. The second-order valence-electron chi connectivity index (χ2n) is 7.69. The molecule has 0 atom stereocenters. The van der Waals surface area contributed by atoms with E-state index in [0.29, 0.717) is 5.56 Å². The van der Waals surface area contributed by atoms with E-state index >= 15 is 0 Å². The quantitative estimate of drug-likeness (QED) is 0.658. The Morgan fingerprint density at radius 3 is 2.69 bits per heavy atom. The third kappa shape index (κ3) is 4.16. The standard InChI is InChI=1S/C23H24FN3O2/c1-15-10-11-20-16(12-15)13-17(22(28)25-20)14-27(18-6-2-3-7-18)23(29)26-21-9-5-4-8-19(21)24/h4-5,8-13,18H,2-3,6-7,14H2,1H3,(H,25,28)(H,26,29). The molecule has 150 valence electrons. The maximum atomic E-state index is 14.0. The van der Waals surface area contributed by atoms with Crippen LogP contribution in [-0.2, 0) is 6.54 Å². The molecule has 4 rings (SSSR count). The monoisotopic (exact) mass is 393 g/mol. The fourth-order valence-electron chi connectivity index (χ4n) is 4.00. The Morgan fingerprint density at radius 1 is 1.17 bits per heavy atom. The lowest BCUT2D eigenvalue weighted by atomic mass is 10.1. The fourth-order valence-corrected chi connectivity index (χ4v) is 4.00. The highest BCUT2D eigenvalue weighted by Crippen LogP contribution is 2.26. The first kappa shape index (κ1) is 19.2. The zero-order chi connectivity index (χ0) is 20.4. The number of fused-ring (bicyclic) bond motifs is 1. The number of aromatic amines is 1. The number of aromatic nitrogens is 1. The minimum atomic E-state index is -0.480. The van der Waals surface area contributed by atoms with Gasteiger partial charge in [0.2, 0.25) is 0 Å². The Balaban J connectivity index is 1.65. The summed E-state index contributed by atoms with van der Waals surface area (Å²) in [6.07, 6.45) is 3.85. The maximum absolute atomic E-state index is 14.0. The molecule has 2 amide bonds. The number of amides is 2. The van der Waals surface area contributed by atoms with Gasteiger partial charge in [0.25, 0.3) is 5.56 Å². The lowest BCUT2D eigenvalue weighted by molar-refractivity contribution is 0.184. The molecule has 0 unspecified atom stereocenters. The van der Waals surface area contributed by atoms with Gasteiger partial charge in [-0.05, 0) is 55.5 Å². The van der Waals surface area contributed by atoms with Gasteiger partial charge in [-0.2, -0.15) is 0 Å². The minimum Gasteiger partial charge on any atom is -0.322 e. The van der Waals surface area contributed by atoms with Gasteiger partial charge in [0, 0.05) is 17.1 Å². The number of halogens is 1. The number of carbonyl (C=O) groups is 1. The Kier molecular flexibility index (Phi) is 5.34. The van der Waals surface area contributed by atoms with E-state index in [1.807, 2.05) is 31.2 Å². The van der Waals surface area contributed by atoms with Crippen LogP contribution in [0.1, 0.15) is 36.8 Å². The van der Waals surface area contributed by atoms with Crippen molar-refractivity contribution in [3.63, 3.8) is 0 Å². The van der Waals surface area contributed by atoms with E-state index in [1.165, 1.54) is 12.1 Å². The van der Waals surface area contributed by atoms with Crippen LogP contribution in [-0.4, -0.2) is 22.0 Å². The molecule has 3 aromatic rings. The molecule has 1 heterocycles. The van der Waals surface area contributed by atoms with Crippen molar-refractivity contribution >= 4 is 22.6 Å². The molecule has 2 aromatic carbocycles. The number of urea groups is 1. The number of hydrogen-bond acceptors (Lipinski definition) is 2.